The van der Waals surface area contributed by atoms with E-state index in [-0.39, 0.29) is 6.04 Å². The van der Waals surface area contributed by atoms with Gasteiger partial charge in [-0.05, 0) is 19.1 Å². The lowest BCUT2D eigenvalue weighted by Gasteiger charge is -1.97. The van der Waals surface area contributed by atoms with Gasteiger partial charge in [0.2, 0.25) is 0 Å². The molecule has 1 unspecified atom stereocenters. The van der Waals surface area contributed by atoms with Gasteiger partial charge in [0.1, 0.15) is 11.5 Å². The van der Waals surface area contributed by atoms with Crippen LogP contribution in [0, 0.1) is 0 Å². The highest BCUT2D eigenvalue weighted by Crippen LogP contribution is 2.26. The molecule has 0 amide bonds. The van der Waals surface area contributed by atoms with Crippen LogP contribution in [-0.2, 0) is 6.54 Å². The molecule has 7 heteroatoms. The van der Waals surface area contributed by atoms with Crippen LogP contribution in [0.25, 0.3) is 11.5 Å². The Hall–Kier alpha value is -1.70. The van der Waals surface area contributed by atoms with Gasteiger partial charge >= 0.3 is 0 Å². The number of aromatic nitrogens is 1. The number of hydrogen-bond donors (Lipinski definition) is 3. The minimum Gasteiger partial charge on any atom is -0.458 e. The van der Waals surface area contributed by atoms with Gasteiger partial charge in [0.15, 0.2) is 10.9 Å². The lowest BCUT2D eigenvalue weighted by Crippen LogP contribution is -2.18. The van der Waals surface area contributed by atoms with E-state index >= 15 is 0 Å². The molecule has 2 rings (SSSR count). The molecular weight excluding hydrogens is 262 g/mol. The van der Waals surface area contributed by atoms with E-state index in [2.05, 4.69) is 15.3 Å². The smallest absolute Gasteiger partial charge is 0.188 e. The van der Waals surface area contributed by atoms with Crippen LogP contribution >= 0.6 is 11.3 Å². The van der Waals surface area contributed by atoms with Crippen LogP contribution in [0.4, 0.5) is 5.13 Å². The van der Waals surface area contributed by atoms with Gasteiger partial charge in [-0.25, -0.2) is 4.98 Å². The number of aliphatic imine (C=N–C) groups is 1. The third-order valence-electron chi connectivity index (χ3n) is 2.29. The summed E-state index contributed by atoms with van der Waals surface area (Å²) >= 11 is 1.48. The van der Waals surface area contributed by atoms with Crippen LogP contribution in [0.3, 0.4) is 0 Å². The van der Waals surface area contributed by atoms with Gasteiger partial charge in [-0.15, -0.1) is 11.3 Å². The summed E-state index contributed by atoms with van der Waals surface area (Å²) in [5, 5.41) is 5.68. The molecule has 6 nitrogen and oxygen atoms in total. The zero-order valence-electron chi connectivity index (χ0n) is 10.7. The lowest BCUT2D eigenvalue weighted by molar-refractivity contribution is 0.524. The summed E-state index contributed by atoms with van der Waals surface area (Å²) in [4.78, 5) is 8.53. The molecule has 2 heterocycles. The molecule has 0 aliphatic rings. The largest absolute Gasteiger partial charge is 0.458 e. The average Bonchev–Trinajstić information content (AvgIpc) is 3.02. The summed E-state index contributed by atoms with van der Waals surface area (Å²) < 4.78 is 5.53. The predicted molar refractivity (Wildman–Crippen MR) is 78.3 cm³/mol. The standard InChI is InChI=1S/C12H17N5OS/c1-8(14)5-15-7-16-12-17-10(6-19-12)11-3-2-9(4-13)18-11/h2-3,6-8H,4-5,13-14H2,1H3,(H,15,16,17). The minimum absolute atomic E-state index is 0.0581. The maximum atomic E-state index is 5.59. The first kappa shape index (κ1) is 13.7. The Kier molecular flexibility index (Phi) is 4.67. The molecule has 2 aromatic heterocycles. The van der Waals surface area contributed by atoms with E-state index in [4.69, 9.17) is 15.9 Å². The summed E-state index contributed by atoms with van der Waals surface area (Å²) in [5.74, 6) is 1.47. The van der Waals surface area contributed by atoms with Gasteiger partial charge in [0, 0.05) is 11.4 Å². The number of thiazole rings is 1. The van der Waals surface area contributed by atoms with Gasteiger partial charge < -0.3 is 21.2 Å². The van der Waals surface area contributed by atoms with Gasteiger partial charge in [0.05, 0.1) is 19.4 Å². The van der Waals surface area contributed by atoms with Crippen molar-refractivity contribution in [3.8, 4) is 11.5 Å². The van der Waals surface area contributed by atoms with Crippen LogP contribution < -0.4 is 16.8 Å². The molecule has 0 spiro atoms. The summed E-state index contributed by atoms with van der Waals surface area (Å²) in [6, 6.07) is 3.78. The van der Waals surface area contributed by atoms with Crippen LogP contribution in [-0.4, -0.2) is 23.9 Å². The van der Waals surface area contributed by atoms with E-state index in [0.717, 1.165) is 22.3 Å². The Balaban J connectivity index is 1.97. The normalized spacial score (nSPS) is 13.0. The molecule has 5 N–H and O–H groups in total. The molecule has 0 fully saturated rings. The van der Waals surface area contributed by atoms with Crippen molar-refractivity contribution in [1.29, 1.82) is 0 Å². The fourth-order valence-electron chi connectivity index (χ4n) is 1.40. The van der Waals surface area contributed by atoms with E-state index in [0.29, 0.717) is 13.1 Å². The number of anilines is 1. The van der Waals surface area contributed by atoms with Crippen LogP contribution in [0.5, 0.6) is 0 Å². The maximum Gasteiger partial charge on any atom is 0.188 e. The highest BCUT2D eigenvalue weighted by molar-refractivity contribution is 7.14. The van der Waals surface area contributed by atoms with E-state index < -0.39 is 0 Å². The number of hydrogen-bond acceptors (Lipinski definition) is 6. The van der Waals surface area contributed by atoms with Crippen molar-refractivity contribution in [3.63, 3.8) is 0 Å². The minimum atomic E-state index is 0.0581. The van der Waals surface area contributed by atoms with E-state index in [1.54, 1.807) is 6.34 Å². The summed E-state index contributed by atoms with van der Waals surface area (Å²) in [5.41, 5.74) is 11.9. The van der Waals surface area contributed by atoms with Crippen LogP contribution in [0.2, 0.25) is 0 Å². The first-order valence-corrected chi connectivity index (χ1v) is 6.82. The predicted octanol–water partition coefficient (Wildman–Crippen LogP) is 1.65. The highest BCUT2D eigenvalue weighted by atomic mass is 32.1. The van der Waals surface area contributed by atoms with Gasteiger partial charge in [-0.3, -0.25) is 4.99 Å². The van der Waals surface area contributed by atoms with E-state index in [1.807, 2.05) is 24.4 Å². The molecule has 0 aliphatic heterocycles. The Labute approximate surface area is 115 Å². The number of nitrogens with one attached hydrogen (secondary N) is 1. The zero-order valence-corrected chi connectivity index (χ0v) is 11.5. The Morgan fingerprint density at radius 2 is 2.42 bits per heavy atom. The van der Waals surface area contributed by atoms with Gasteiger partial charge in [-0.2, -0.15) is 0 Å². The Morgan fingerprint density at radius 1 is 1.58 bits per heavy atom. The SMILES string of the molecule is CC(N)CN=CNc1nc(-c2ccc(CN)o2)cs1. The van der Waals surface area contributed by atoms with E-state index in [9.17, 15) is 0 Å². The van der Waals surface area contributed by atoms with E-state index in [1.165, 1.54) is 11.3 Å². The van der Waals surface area contributed by atoms with Crippen molar-refractivity contribution >= 4 is 22.8 Å². The molecular formula is C12H17N5OS. The topological polar surface area (TPSA) is 102 Å². The number of nitrogens with zero attached hydrogens (tertiary/aromatic N) is 2. The molecule has 0 saturated carbocycles. The highest BCUT2D eigenvalue weighted by Gasteiger charge is 2.08. The van der Waals surface area contributed by atoms with Crippen molar-refractivity contribution in [1.82, 2.24) is 4.98 Å². The van der Waals surface area contributed by atoms with Crippen LogP contribution in [0.15, 0.2) is 26.9 Å². The molecule has 0 aliphatic carbocycles. The third kappa shape index (κ3) is 3.88. The summed E-state index contributed by atoms with van der Waals surface area (Å²) in [7, 11) is 0. The van der Waals surface area contributed by atoms with Crippen molar-refractivity contribution in [2.24, 2.45) is 16.5 Å². The second-order valence-corrected chi connectivity index (χ2v) is 4.98. The number of rotatable bonds is 6. The summed E-state index contributed by atoms with van der Waals surface area (Å²) in [6.07, 6.45) is 1.61. The monoisotopic (exact) mass is 279 g/mol. The quantitative estimate of drug-likeness (QED) is 0.551. The second kappa shape index (κ2) is 6.46. The Bertz CT molecular complexity index is 546. The number of furan rings is 1. The van der Waals surface area contributed by atoms with Crippen molar-refractivity contribution in [2.45, 2.75) is 19.5 Å². The molecule has 0 aromatic carbocycles. The second-order valence-electron chi connectivity index (χ2n) is 4.12. The first-order valence-electron chi connectivity index (χ1n) is 5.94. The molecule has 0 saturated heterocycles. The van der Waals surface area contributed by atoms with Crippen molar-refractivity contribution < 1.29 is 4.42 Å². The zero-order chi connectivity index (χ0) is 13.7. The molecule has 102 valence electrons. The number of nitrogens with two attached hydrogens (primary N) is 2. The molecule has 0 radical (unpaired) electrons. The molecule has 1 atom stereocenters. The Morgan fingerprint density at radius 3 is 3.11 bits per heavy atom. The average molecular weight is 279 g/mol. The van der Waals surface area contributed by atoms with Gasteiger partial charge in [0.25, 0.3) is 0 Å². The molecule has 2 aromatic rings. The fourth-order valence-corrected chi connectivity index (χ4v) is 2.06. The fraction of sp³-hybridized carbons (Fsp3) is 0.333. The molecule has 0 bridgehead atoms. The third-order valence-corrected chi connectivity index (χ3v) is 3.07. The van der Waals surface area contributed by atoms with Crippen LogP contribution in [0.1, 0.15) is 12.7 Å². The molecule has 19 heavy (non-hydrogen) atoms. The maximum absolute atomic E-state index is 5.59. The van der Waals surface area contributed by atoms with Gasteiger partial charge in [-0.1, -0.05) is 0 Å². The lowest BCUT2D eigenvalue weighted by atomic mass is 10.3. The summed E-state index contributed by atoms with van der Waals surface area (Å²) in [6.45, 7) is 2.88. The van der Waals surface area contributed by atoms with Crippen molar-refractivity contribution in [3.05, 3.63) is 23.3 Å². The van der Waals surface area contributed by atoms with Crippen molar-refractivity contribution in [2.75, 3.05) is 11.9 Å². The first-order chi connectivity index (χ1) is 9.19.